The standard InChI is InChI=1S/C15H26O3/c1-4-6-7-8-9-18-14(16)13(3)10-15(5-2)11-17-12-15/h10H,4-9,11-12H2,1-3H3. The Balaban J connectivity index is 2.30. The molecule has 0 aromatic rings. The van der Waals surface area contributed by atoms with Gasteiger partial charge in [-0.15, -0.1) is 0 Å². The van der Waals surface area contributed by atoms with E-state index in [0.717, 1.165) is 38.0 Å². The fraction of sp³-hybridized carbons (Fsp3) is 0.800. The lowest BCUT2D eigenvalue weighted by Crippen LogP contribution is -2.40. The van der Waals surface area contributed by atoms with Gasteiger partial charge in [0.25, 0.3) is 0 Å². The summed E-state index contributed by atoms with van der Waals surface area (Å²) in [7, 11) is 0. The number of carbonyl (C=O) groups is 1. The van der Waals surface area contributed by atoms with E-state index in [0.29, 0.717) is 6.61 Å². The molecule has 1 fully saturated rings. The fourth-order valence-corrected chi connectivity index (χ4v) is 2.08. The predicted molar refractivity (Wildman–Crippen MR) is 72.4 cm³/mol. The third-order valence-electron chi connectivity index (χ3n) is 3.56. The zero-order valence-corrected chi connectivity index (χ0v) is 12.0. The second-order valence-corrected chi connectivity index (χ2v) is 5.23. The molecule has 1 heterocycles. The minimum atomic E-state index is -0.175. The molecule has 0 aromatic carbocycles. The molecule has 0 unspecified atom stereocenters. The van der Waals surface area contributed by atoms with Gasteiger partial charge in [-0.05, 0) is 19.8 Å². The molecule has 18 heavy (non-hydrogen) atoms. The highest BCUT2D eigenvalue weighted by Gasteiger charge is 2.35. The van der Waals surface area contributed by atoms with Crippen molar-refractivity contribution in [1.29, 1.82) is 0 Å². The largest absolute Gasteiger partial charge is 0.462 e. The molecule has 0 N–H and O–H groups in total. The Morgan fingerprint density at radius 1 is 1.28 bits per heavy atom. The van der Waals surface area contributed by atoms with Gasteiger partial charge in [0.1, 0.15) is 0 Å². The van der Waals surface area contributed by atoms with Crippen molar-refractivity contribution in [2.45, 2.75) is 52.9 Å². The van der Waals surface area contributed by atoms with Crippen molar-refractivity contribution in [3.8, 4) is 0 Å². The summed E-state index contributed by atoms with van der Waals surface area (Å²) in [6.07, 6.45) is 7.56. The van der Waals surface area contributed by atoms with Crippen LogP contribution in [0.5, 0.6) is 0 Å². The van der Waals surface area contributed by atoms with Gasteiger partial charge in [-0.25, -0.2) is 4.79 Å². The van der Waals surface area contributed by atoms with E-state index >= 15 is 0 Å². The first-order valence-corrected chi connectivity index (χ1v) is 7.08. The Morgan fingerprint density at radius 2 is 2.00 bits per heavy atom. The van der Waals surface area contributed by atoms with Gasteiger partial charge in [0.2, 0.25) is 0 Å². The number of carbonyl (C=O) groups excluding carboxylic acids is 1. The maximum Gasteiger partial charge on any atom is 0.333 e. The molecule has 104 valence electrons. The Kier molecular flexibility index (Phi) is 6.41. The predicted octanol–water partition coefficient (Wildman–Crippen LogP) is 3.48. The second-order valence-electron chi connectivity index (χ2n) is 5.23. The van der Waals surface area contributed by atoms with E-state index < -0.39 is 0 Å². The summed E-state index contributed by atoms with van der Waals surface area (Å²) in [6, 6.07) is 0. The van der Waals surface area contributed by atoms with E-state index in [9.17, 15) is 4.79 Å². The van der Waals surface area contributed by atoms with Gasteiger partial charge in [-0.1, -0.05) is 39.2 Å². The Hall–Kier alpha value is -0.830. The molecule has 1 rings (SSSR count). The van der Waals surface area contributed by atoms with Gasteiger partial charge in [0, 0.05) is 11.0 Å². The quantitative estimate of drug-likeness (QED) is 0.378. The molecule has 0 radical (unpaired) electrons. The molecule has 0 amide bonds. The van der Waals surface area contributed by atoms with Crippen LogP contribution in [0.2, 0.25) is 0 Å². The minimum absolute atomic E-state index is 0.0747. The van der Waals surface area contributed by atoms with Crippen molar-refractivity contribution in [2.75, 3.05) is 19.8 Å². The van der Waals surface area contributed by atoms with Crippen LogP contribution in [0.4, 0.5) is 0 Å². The number of rotatable bonds is 8. The molecule has 1 aliphatic heterocycles. The van der Waals surface area contributed by atoms with Crippen LogP contribution >= 0.6 is 0 Å². The van der Waals surface area contributed by atoms with E-state index in [1.165, 1.54) is 12.8 Å². The van der Waals surface area contributed by atoms with Crippen molar-refractivity contribution in [3.05, 3.63) is 11.6 Å². The van der Waals surface area contributed by atoms with Crippen LogP contribution in [0.25, 0.3) is 0 Å². The van der Waals surface area contributed by atoms with Crippen molar-refractivity contribution < 1.29 is 14.3 Å². The smallest absolute Gasteiger partial charge is 0.333 e. The lowest BCUT2D eigenvalue weighted by molar-refractivity contribution is -0.139. The third-order valence-corrected chi connectivity index (χ3v) is 3.56. The molecule has 0 atom stereocenters. The lowest BCUT2D eigenvalue weighted by atomic mass is 9.81. The first-order valence-electron chi connectivity index (χ1n) is 7.08. The van der Waals surface area contributed by atoms with E-state index in [1.54, 1.807) is 0 Å². The maximum atomic E-state index is 11.8. The SMILES string of the molecule is CCCCCCOC(=O)C(C)=CC1(CC)COC1. The first-order chi connectivity index (χ1) is 8.63. The Morgan fingerprint density at radius 3 is 2.50 bits per heavy atom. The van der Waals surface area contributed by atoms with Gasteiger partial charge in [0.05, 0.1) is 19.8 Å². The van der Waals surface area contributed by atoms with E-state index in [1.807, 2.05) is 13.0 Å². The van der Waals surface area contributed by atoms with E-state index in [4.69, 9.17) is 9.47 Å². The average Bonchev–Trinajstić information content (AvgIpc) is 2.33. The fourth-order valence-electron chi connectivity index (χ4n) is 2.08. The normalized spacial score (nSPS) is 18.3. The topological polar surface area (TPSA) is 35.5 Å². The van der Waals surface area contributed by atoms with Crippen molar-refractivity contribution in [1.82, 2.24) is 0 Å². The van der Waals surface area contributed by atoms with Crippen molar-refractivity contribution in [2.24, 2.45) is 5.41 Å². The average molecular weight is 254 g/mol. The molecule has 0 aromatic heterocycles. The van der Waals surface area contributed by atoms with Gasteiger partial charge in [-0.3, -0.25) is 0 Å². The summed E-state index contributed by atoms with van der Waals surface area (Å²) in [6.45, 7) is 8.13. The van der Waals surface area contributed by atoms with Crippen LogP contribution in [0.3, 0.4) is 0 Å². The summed E-state index contributed by atoms with van der Waals surface area (Å²) in [5.74, 6) is -0.175. The number of ether oxygens (including phenoxy) is 2. The number of hydrogen-bond donors (Lipinski definition) is 0. The summed E-state index contributed by atoms with van der Waals surface area (Å²) in [5.41, 5.74) is 0.793. The third kappa shape index (κ3) is 4.45. The van der Waals surface area contributed by atoms with Crippen LogP contribution < -0.4 is 0 Å². The van der Waals surface area contributed by atoms with Gasteiger partial charge in [0.15, 0.2) is 0 Å². The van der Waals surface area contributed by atoms with Gasteiger partial charge in [-0.2, -0.15) is 0 Å². The van der Waals surface area contributed by atoms with Crippen LogP contribution in [0, 0.1) is 5.41 Å². The zero-order chi connectivity index (χ0) is 13.4. The molecule has 0 spiro atoms. The molecular formula is C15H26O3. The number of esters is 1. The highest BCUT2D eigenvalue weighted by atomic mass is 16.5. The maximum absolute atomic E-state index is 11.8. The highest BCUT2D eigenvalue weighted by molar-refractivity contribution is 5.87. The van der Waals surface area contributed by atoms with Crippen LogP contribution in [0.1, 0.15) is 52.9 Å². The highest BCUT2D eigenvalue weighted by Crippen LogP contribution is 2.33. The van der Waals surface area contributed by atoms with E-state index in [2.05, 4.69) is 13.8 Å². The molecule has 3 nitrogen and oxygen atoms in total. The van der Waals surface area contributed by atoms with Crippen molar-refractivity contribution in [3.63, 3.8) is 0 Å². The zero-order valence-electron chi connectivity index (χ0n) is 12.0. The van der Waals surface area contributed by atoms with Crippen LogP contribution in [-0.4, -0.2) is 25.8 Å². The first kappa shape index (κ1) is 15.2. The van der Waals surface area contributed by atoms with Gasteiger partial charge >= 0.3 is 5.97 Å². The molecule has 3 heteroatoms. The number of unbranched alkanes of at least 4 members (excludes halogenated alkanes) is 3. The van der Waals surface area contributed by atoms with E-state index in [-0.39, 0.29) is 11.4 Å². The molecular weight excluding hydrogens is 228 g/mol. The summed E-state index contributed by atoms with van der Waals surface area (Å²) in [5, 5.41) is 0. The summed E-state index contributed by atoms with van der Waals surface area (Å²) >= 11 is 0. The minimum Gasteiger partial charge on any atom is -0.462 e. The molecule has 1 aliphatic rings. The molecule has 0 aliphatic carbocycles. The summed E-state index contributed by atoms with van der Waals surface area (Å²) in [4.78, 5) is 11.8. The number of hydrogen-bond acceptors (Lipinski definition) is 3. The molecule has 1 saturated heterocycles. The lowest BCUT2D eigenvalue weighted by Gasteiger charge is -2.38. The summed E-state index contributed by atoms with van der Waals surface area (Å²) < 4.78 is 10.5. The second kappa shape index (κ2) is 7.57. The Bertz CT molecular complexity index is 285. The van der Waals surface area contributed by atoms with Crippen LogP contribution in [-0.2, 0) is 14.3 Å². The van der Waals surface area contributed by atoms with Gasteiger partial charge < -0.3 is 9.47 Å². The van der Waals surface area contributed by atoms with Crippen LogP contribution in [0.15, 0.2) is 11.6 Å². The molecule has 0 bridgehead atoms. The van der Waals surface area contributed by atoms with Crippen molar-refractivity contribution >= 4 is 5.97 Å². The Labute approximate surface area is 111 Å². The monoisotopic (exact) mass is 254 g/mol. The molecule has 0 saturated carbocycles.